The summed E-state index contributed by atoms with van der Waals surface area (Å²) in [5.74, 6) is 0.826. The van der Waals surface area contributed by atoms with Crippen LogP contribution >= 0.6 is 0 Å². The third kappa shape index (κ3) is 3.57. The molecular formula is C21H17N3O2. The van der Waals surface area contributed by atoms with Gasteiger partial charge in [0.25, 0.3) is 5.91 Å². The first-order valence-electron chi connectivity index (χ1n) is 8.31. The molecule has 1 aromatic heterocycles. The van der Waals surface area contributed by atoms with Crippen LogP contribution in [0.15, 0.2) is 78.9 Å². The molecule has 5 nitrogen and oxygen atoms in total. The second-order valence-electron chi connectivity index (χ2n) is 5.86. The van der Waals surface area contributed by atoms with Gasteiger partial charge in [0, 0.05) is 5.56 Å². The van der Waals surface area contributed by atoms with Gasteiger partial charge in [0.05, 0.1) is 11.0 Å². The van der Waals surface area contributed by atoms with Crippen molar-refractivity contribution in [1.29, 1.82) is 0 Å². The van der Waals surface area contributed by atoms with E-state index in [4.69, 9.17) is 4.74 Å². The van der Waals surface area contributed by atoms with Gasteiger partial charge in [0.1, 0.15) is 12.4 Å². The van der Waals surface area contributed by atoms with Crippen LogP contribution in [0.25, 0.3) is 11.0 Å². The second kappa shape index (κ2) is 7.11. The highest BCUT2D eigenvalue weighted by atomic mass is 16.5. The standard InChI is InChI=1S/C21H17N3O2/c25-20(24-21-22-18-11-4-5-12-19(18)23-21)16-9-6-10-17(13-16)26-14-15-7-2-1-3-8-15/h1-13H,14H2,(H2,22,23,24,25). The fourth-order valence-corrected chi connectivity index (χ4v) is 2.66. The average molecular weight is 343 g/mol. The minimum Gasteiger partial charge on any atom is -0.489 e. The summed E-state index contributed by atoms with van der Waals surface area (Å²) >= 11 is 0. The number of anilines is 1. The van der Waals surface area contributed by atoms with Crippen molar-refractivity contribution >= 4 is 22.9 Å². The van der Waals surface area contributed by atoms with Crippen molar-refractivity contribution < 1.29 is 9.53 Å². The zero-order valence-electron chi connectivity index (χ0n) is 14.0. The van der Waals surface area contributed by atoms with E-state index in [-0.39, 0.29) is 5.91 Å². The summed E-state index contributed by atoms with van der Waals surface area (Å²) in [6, 6.07) is 24.6. The maximum atomic E-state index is 12.5. The lowest BCUT2D eigenvalue weighted by Crippen LogP contribution is -2.13. The molecule has 1 amide bonds. The summed E-state index contributed by atoms with van der Waals surface area (Å²) in [4.78, 5) is 19.9. The van der Waals surface area contributed by atoms with Gasteiger partial charge in [-0.3, -0.25) is 10.1 Å². The zero-order chi connectivity index (χ0) is 17.8. The van der Waals surface area contributed by atoms with Crippen LogP contribution in [0.3, 0.4) is 0 Å². The summed E-state index contributed by atoms with van der Waals surface area (Å²) in [7, 11) is 0. The van der Waals surface area contributed by atoms with Gasteiger partial charge in [0.15, 0.2) is 0 Å². The summed E-state index contributed by atoms with van der Waals surface area (Å²) in [6.07, 6.45) is 0. The summed E-state index contributed by atoms with van der Waals surface area (Å²) < 4.78 is 5.78. The van der Waals surface area contributed by atoms with E-state index in [2.05, 4.69) is 15.3 Å². The number of hydrogen-bond acceptors (Lipinski definition) is 3. The fourth-order valence-electron chi connectivity index (χ4n) is 2.66. The van der Waals surface area contributed by atoms with Gasteiger partial charge in [-0.05, 0) is 35.9 Å². The van der Waals surface area contributed by atoms with E-state index in [1.54, 1.807) is 18.2 Å². The maximum absolute atomic E-state index is 12.5. The molecule has 4 rings (SSSR count). The molecule has 5 heteroatoms. The molecule has 0 radical (unpaired) electrons. The maximum Gasteiger partial charge on any atom is 0.258 e. The second-order valence-corrected chi connectivity index (χ2v) is 5.86. The van der Waals surface area contributed by atoms with Gasteiger partial charge in [-0.25, -0.2) is 4.98 Å². The molecule has 26 heavy (non-hydrogen) atoms. The summed E-state index contributed by atoms with van der Waals surface area (Å²) in [5, 5.41) is 2.79. The van der Waals surface area contributed by atoms with Gasteiger partial charge in [-0.1, -0.05) is 48.5 Å². The van der Waals surface area contributed by atoms with Gasteiger partial charge in [0.2, 0.25) is 5.95 Å². The molecule has 128 valence electrons. The van der Waals surface area contributed by atoms with Gasteiger partial charge >= 0.3 is 0 Å². The van der Waals surface area contributed by atoms with E-state index >= 15 is 0 Å². The van der Waals surface area contributed by atoms with Crippen molar-refractivity contribution in [3.05, 3.63) is 90.0 Å². The molecule has 0 aliphatic carbocycles. The van der Waals surface area contributed by atoms with Gasteiger partial charge in [-0.15, -0.1) is 0 Å². The van der Waals surface area contributed by atoms with Crippen LogP contribution in [0.4, 0.5) is 5.95 Å². The number of benzene rings is 3. The molecule has 0 aliphatic rings. The third-order valence-electron chi connectivity index (χ3n) is 3.97. The molecule has 4 aromatic rings. The predicted molar refractivity (Wildman–Crippen MR) is 101 cm³/mol. The minimum atomic E-state index is -0.241. The third-order valence-corrected chi connectivity index (χ3v) is 3.97. The Labute approximate surface area is 150 Å². The lowest BCUT2D eigenvalue weighted by atomic mass is 10.2. The van der Waals surface area contributed by atoms with Crippen LogP contribution < -0.4 is 10.1 Å². The molecule has 0 saturated carbocycles. The van der Waals surface area contributed by atoms with E-state index in [1.807, 2.05) is 60.7 Å². The fraction of sp³-hybridized carbons (Fsp3) is 0.0476. The van der Waals surface area contributed by atoms with Crippen LogP contribution in [0.5, 0.6) is 5.75 Å². The van der Waals surface area contributed by atoms with E-state index in [0.717, 1.165) is 16.6 Å². The number of aromatic nitrogens is 2. The Morgan fingerprint density at radius 3 is 2.62 bits per heavy atom. The number of nitrogens with one attached hydrogen (secondary N) is 2. The largest absolute Gasteiger partial charge is 0.489 e. The normalized spacial score (nSPS) is 10.6. The zero-order valence-corrected chi connectivity index (χ0v) is 14.0. The molecule has 0 atom stereocenters. The van der Waals surface area contributed by atoms with Gasteiger partial charge in [-0.2, -0.15) is 0 Å². The Kier molecular flexibility index (Phi) is 4.35. The van der Waals surface area contributed by atoms with Crippen LogP contribution in [0.1, 0.15) is 15.9 Å². The lowest BCUT2D eigenvalue weighted by Gasteiger charge is -2.08. The number of carbonyl (C=O) groups excluding carboxylic acids is 1. The number of rotatable bonds is 5. The van der Waals surface area contributed by atoms with Crippen molar-refractivity contribution in [1.82, 2.24) is 9.97 Å². The first-order valence-corrected chi connectivity index (χ1v) is 8.31. The van der Waals surface area contributed by atoms with Crippen molar-refractivity contribution in [3.8, 4) is 5.75 Å². The van der Waals surface area contributed by atoms with Crippen molar-refractivity contribution in [2.75, 3.05) is 5.32 Å². The number of carbonyl (C=O) groups is 1. The Hall–Kier alpha value is -3.60. The van der Waals surface area contributed by atoms with Crippen LogP contribution in [0, 0.1) is 0 Å². The number of para-hydroxylation sites is 2. The highest BCUT2D eigenvalue weighted by molar-refractivity contribution is 6.04. The number of nitrogens with zero attached hydrogens (tertiary/aromatic N) is 1. The number of ether oxygens (including phenoxy) is 1. The first-order chi connectivity index (χ1) is 12.8. The highest BCUT2D eigenvalue weighted by Crippen LogP contribution is 2.18. The molecule has 0 bridgehead atoms. The molecule has 0 spiro atoms. The smallest absolute Gasteiger partial charge is 0.258 e. The van der Waals surface area contributed by atoms with E-state index in [0.29, 0.717) is 23.9 Å². The number of amides is 1. The van der Waals surface area contributed by atoms with Crippen LogP contribution in [-0.4, -0.2) is 15.9 Å². The summed E-state index contributed by atoms with van der Waals surface area (Å²) in [5.41, 5.74) is 3.27. The number of hydrogen-bond donors (Lipinski definition) is 2. The minimum absolute atomic E-state index is 0.241. The van der Waals surface area contributed by atoms with Crippen LogP contribution in [-0.2, 0) is 6.61 Å². The molecular weight excluding hydrogens is 326 g/mol. The molecule has 0 fully saturated rings. The predicted octanol–water partition coefficient (Wildman–Crippen LogP) is 4.39. The van der Waals surface area contributed by atoms with Crippen molar-refractivity contribution in [2.24, 2.45) is 0 Å². The molecule has 3 aromatic carbocycles. The average Bonchev–Trinajstić information content (AvgIpc) is 3.09. The molecule has 1 heterocycles. The Morgan fingerprint density at radius 2 is 1.77 bits per heavy atom. The molecule has 0 aliphatic heterocycles. The van der Waals surface area contributed by atoms with E-state index in [9.17, 15) is 4.79 Å². The number of aromatic amines is 1. The Bertz CT molecular complexity index is 1010. The van der Waals surface area contributed by atoms with Gasteiger partial charge < -0.3 is 9.72 Å². The first kappa shape index (κ1) is 15.9. The SMILES string of the molecule is O=C(Nc1nc2ccccc2[nH]1)c1cccc(OCc2ccccc2)c1. The quantitative estimate of drug-likeness (QED) is 0.564. The monoisotopic (exact) mass is 343 g/mol. The summed E-state index contributed by atoms with van der Waals surface area (Å²) in [6.45, 7) is 0.454. The lowest BCUT2D eigenvalue weighted by molar-refractivity contribution is 0.102. The molecule has 2 N–H and O–H groups in total. The topological polar surface area (TPSA) is 67.0 Å². The van der Waals surface area contributed by atoms with Crippen molar-refractivity contribution in [3.63, 3.8) is 0 Å². The molecule has 0 unspecified atom stereocenters. The van der Waals surface area contributed by atoms with Crippen LogP contribution in [0.2, 0.25) is 0 Å². The number of H-pyrrole nitrogens is 1. The molecule has 0 saturated heterocycles. The number of fused-ring (bicyclic) bond motifs is 1. The van der Waals surface area contributed by atoms with Crippen molar-refractivity contribution in [2.45, 2.75) is 6.61 Å². The number of imidazole rings is 1. The van der Waals surface area contributed by atoms with E-state index in [1.165, 1.54) is 0 Å². The Morgan fingerprint density at radius 1 is 0.962 bits per heavy atom. The van der Waals surface area contributed by atoms with E-state index < -0.39 is 0 Å². The Balaban J connectivity index is 1.45. The highest BCUT2D eigenvalue weighted by Gasteiger charge is 2.10.